The molecule has 10 rings (SSSR count). The summed E-state index contributed by atoms with van der Waals surface area (Å²) in [6, 6.07) is 65.7. The predicted molar refractivity (Wildman–Crippen MR) is 208 cm³/mol. The van der Waals surface area contributed by atoms with Crippen molar-refractivity contribution in [1.82, 2.24) is 0 Å². The average Bonchev–Trinajstić information content (AvgIpc) is 3.54. The first-order valence-corrected chi connectivity index (χ1v) is 16.8. The molecule has 0 saturated heterocycles. The van der Waals surface area contributed by atoms with E-state index < -0.39 is 0 Å². The van der Waals surface area contributed by atoms with Gasteiger partial charge in [0.2, 0.25) is 0 Å². The third kappa shape index (κ3) is 4.47. The van der Waals surface area contributed by atoms with E-state index in [1.54, 1.807) is 0 Å². The van der Waals surface area contributed by atoms with Crippen LogP contribution in [0.1, 0.15) is 0 Å². The molecule has 0 fully saturated rings. The summed E-state index contributed by atoms with van der Waals surface area (Å²) in [5.74, 6) is 0. The number of benzene rings is 9. The van der Waals surface area contributed by atoms with Crippen molar-refractivity contribution in [3.63, 3.8) is 0 Å². The summed E-state index contributed by atoms with van der Waals surface area (Å²) in [5, 5.41) is 9.74. The van der Waals surface area contributed by atoms with Gasteiger partial charge >= 0.3 is 0 Å². The zero-order valence-electron chi connectivity index (χ0n) is 26.7. The molecule has 10 aromatic rings. The van der Waals surface area contributed by atoms with Gasteiger partial charge in [0, 0.05) is 10.8 Å². The molecule has 1 heterocycles. The summed E-state index contributed by atoms with van der Waals surface area (Å²) < 4.78 is 6.51. The first-order valence-electron chi connectivity index (χ1n) is 16.8. The van der Waals surface area contributed by atoms with Crippen molar-refractivity contribution in [2.45, 2.75) is 0 Å². The van der Waals surface area contributed by atoms with Gasteiger partial charge in [-0.15, -0.1) is 0 Å². The second kappa shape index (κ2) is 11.1. The second-order valence-electron chi connectivity index (χ2n) is 12.8. The Labute approximate surface area is 284 Å². The molecule has 1 aromatic heterocycles. The lowest BCUT2D eigenvalue weighted by molar-refractivity contribution is 0.669. The van der Waals surface area contributed by atoms with Crippen LogP contribution >= 0.6 is 0 Å². The fraction of sp³-hybridized carbons (Fsp3) is 0. The predicted octanol–water partition coefficient (Wildman–Crippen LogP) is 13.7. The summed E-state index contributed by atoms with van der Waals surface area (Å²) in [7, 11) is 0. The maximum absolute atomic E-state index is 6.51. The second-order valence-corrected chi connectivity index (χ2v) is 12.8. The molecule has 0 aliphatic rings. The molecule has 0 aliphatic carbocycles. The van der Waals surface area contributed by atoms with Gasteiger partial charge in [-0.2, -0.15) is 0 Å². The fourth-order valence-corrected chi connectivity index (χ4v) is 7.79. The molecular formula is C48H30O. The van der Waals surface area contributed by atoms with E-state index in [0.717, 1.165) is 27.5 Å². The van der Waals surface area contributed by atoms with Crippen molar-refractivity contribution >= 4 is 54.3 Å². The van der Waals surface area contributed by atoms with Gasteiger partial charge in [-0.25, -0.2) is 0 Å². The normalized spacial score (nSPS) is 11.7. The maximum Gasteiger partial charge on any atom is 0.136 e. The molecule has 0 N–H and O–H groups in total. The highest BCUT2D eigenvalue weighted by molar-refractivity contribution is 6.22. The molecule has 0 saturated carbocycles. The molecule has 0 aliphatic heterocycles. The van der Waals surface area contributed by atoms with Gasteiger partial charge in [-0.1, -0.05) is 158 Å². The Kier molecular flexibility index (Phi) is 6.25. The molecule has 1 heteroatoms. The van der Waals surface area contributed by atoms with Crippen molar-refractivity contribution in [3.05, 3.63) is 182 Å². The molecule has 0 atom stereocenters. The Morgan fingerprint density at radius 1 is 0.265 bits per heavy atom. The zero-order chi connectivity index (χ0) is 32.3. The Morgan fingerprint density at radius 2 is 0.796 bits per heavy atom. The Morgan fingerprint density at radius 3 is 1.51 bits per heavy atom. The van der Waals surface area contributed by atoms with Crippen LogP contribution in [0.15, 0.2) is 186 Å². The van der Waals surface area contributed by atoms with Crippen LogP contribution in [-0.4, -0.2) is 0 Å². The van der Waals surface area contributed by atoms with Crippen LogP contribution in [0.5, 0.6) is 0 Å². The van der Waals surface area contributed by atoms with Crippen LogP contribution in [0, 0.1) is 0 Å². The van der Waals surface area contributed by atoms with Crippen LogP contribution in [0.3, 0.4) is 0 Å². The first kappa shape index (κ1) is 27.7. The highest BCUT2D eigenvalue weighted by Crippen LogP contribution is 2.45. The molecule has 0 unspecified atom stereocenters. The summed E-state index contributed by atoms with van der Waals surface area (Å²) >= 11 is 0. The van der Waals surface area contributed by atoms with Gasteiger partial charge in [0.25, 0.3) is 0 Å². The lowest BCUT2D eigenvalue weighted by Crippen LogP contribution is -1.91. The van der Waals surface area contributed by atoms with Crippen LogP contribution < -0.4 is 0 Å². The minimum absolute atomic E-state index is 0.901. The first-order chi connectivity index (χ1) is 24.3. The number of furan rings is 1. The molecule has 228 valence electrons. The van der Waals surface area contributed by atoms with Gasteiger partial charge < -0.3 is 4.42 Å². The van der Waals surface area contributed by atoms with Gasteiger partial charge in [0.05, 0.1) is 0 Å². The van der Waals surface area contributed by atoms with Gasteiger partial charge in [-0.3, -0.25) is 0 Å². The highest BCUT2D eigenvalue weighted by Gasteiger charge is 2.18. The summed E-state index contributed by atoms with van der Waals surface area (Å²) in [6.45, 7) is 0. The van der Waals surface area contributed by atoms with Crippen molar-refractivity contribution in [2.75, 3.05) is 0 Å². The third-order valence-corrected chi connectivity index (χ3v) is 10.1. The molecule has 49 heavy (non-hydrogen) atoms. The van der Waals surface area contributed by atoms with E-state index >= 15 is 0 Å². The van der Waals surface area contributed by atoms with E-state index in [9.17, 15) is 0 Å². The maximum atomic E-state index is 6.51. The third-order valence-electron chi connectivity index (χ3n) is 10.1. The number of hydrogen-bond donors (Lipinski definition) is 0. The van der Waals surface area contributed by atoms with Gasteiger partial charge in [-0.05, 0) is 101 Å². The molecule has 0 amide bonds. The van der Waals surface area contributed by atoms with E-state index in [0.29, 0.717) is 0 Å². The van der Waals surface area contributed by atoms with Crippen LogP contribution in [0.4, 0.5) is 0 Å². The monoisotopic (exact) mass is 622 g/mol. The smallest absolute Gasteiger partial charge is 0.136 e. The molecule has 1 nitrogen and oxygen atoms in total. The Bertz CT molecular complexity index is 2790. The molecule has 0 spiro atoms. The average molecular weight is 623 g/mol. The van der Waals surface area contributed by atoms with Crippen LogP contribution in [0.25, 0.3) is 98.8 Å². The van der Waals surface area contributed by atoms with E-state index in [-0.39, 0.29) is 0 Å². The van der Waals surface area contributed by atoms with Crippen molar-refractivity contribution < 1.29 is 4.42 Å². The summed E-state index contributed by atoms with van der Waals surface area (Å²) in [4.78, 5) is 0. The minimum Gasteiger partial charge on any atom is -0.456 e. The SMILES string of the molecule is c1ccc(-c2ccc(-c3c4ccccc4c(-c4ccc5oc6cc(-c7cccc8ccccc78)ccc6c5c4)c4ccccc34)cc2)cc1. The van der Waals surface area contributed by atoms with Gasteiger partial charge in [0.1, 0.15) is 11.2 Å². The molecule has 9 aromatic carbocycles. The van der Waals surface area contributed by atoms with Crippen molar-refractivity contribution in [1.29, 1.82) is 0 Å². The molecule has 0 bridgehead atoms. The number of fused-ring (bicyclic) bond motifs is 6. The minimum atomic E-state index is 0.901. The van der Waals surface area contributed by atoms with Crippen LogP contribution in [-0.2, 0) is 0 Å². The van der Waals surface area contributed by atoms with Crippen LogP contribution in [0.2, 0.25) is 0 Å². The standard InChI is InChI=1S/C48H30O/c1-2-11-31(12-3-1)32-21-23-34(24-22-32)47-40-16-6-8-18-42(40)48(43-19-9-7-17-41(43)47)36-26-28-45-44(29-36)39-27-25-35(30-46(39)49-45)38-20-10-14-33-13-4-5-15-37(33)38/h1-30H. The van der Waals surface area contributed by atoms with Crippen molar-refractivity contribution in [3.8, 4) is 44.5 Å². The summed E-state index contributed by atoms with van der Waals surface area (Å²) in [5.41, 5.74) is 11.6. The number of rotatable bonds is 4. The Balaban J connectivity index is 1.15. The van der Waals surface area contributed by atoms with E-state index in [1.807, 2.05) is 0 Å². The van der Waals surface area contributed by atoms with Gasteiger partial charge in [0.15, 0.2) is 0 Å². The summed E-state index contributed by atoms with van der Waals surface area (Å²) in [6.07, 6.45) is 0. The van der Waals surface area contributed by atoms with E-state index in [2.05, 4.69) is 182 Å². The Hall–Kier alpha value is -6.44. The topological polar surface area (TPSA) is 13.1 Å². The van der Waals surface area contributed by atoms with E-state index in [4.69, 9.17) is 4.42 Å². The highest BCUT2D eigenvalue weighted by atomic mass is 16.3. The quantitative estimate of drug-likeness (QED) is 0.178. The number of hydrogen-bond acceptors (Lipinski definition) is 1. The van der Waals surface area contributed by atoms with E-state index in [1.165, 1.54) is 71.3 Å². The molecular weight excluding hydrogens is 593 g/mol. The van der Waals surface area contributed by atoms with Crippen molar-refractivity contribution in [2.24, 2.45) is 0 Å². The largest absolute Gasteiger partial charge is 0.456 e. The lowest BCUT2D eigenvalue weighted by atomic mass is 9.85. The molecule has 0 radical (unpaired) electrons. The lowest BCUT2D eigenvalue weighted by Gasteiger charge is -2.18. The zero-order valence-corrected chi connectivity index (χ0v) is 26.7. The fourth-order valence-electron chi connectivity index (χ4n) is 7.79.